The minimum Gasteiger partial charge on any atom is -0.462 e. The number of carbonyl (C=O) groups excluding carboxylic acids is 2. The summed E-state index contributed by atoms with van der Waals surface area (Å²) in [5.74, 6) is -0.743. The monoisotopic (exact) mass is 400 g/mol. The van der Waals surface area contributed by atoms with E-state index in [1.54, 1.807) is 19.1 Å². The zero-order chi connectivity index (χ0) is 19.9. The molecule has 0 saturated carbocycles. The lowest BCUT2D eigenvalue weighted by molar-refractivity contribution is 0.0526. The number of carbonyl (C=O) groups is 2. The van der Waals surface area contributed by atoms with E-state index in [1.807, 2.05) is 24.3 Å². The van der Waals surface area contributed by atoms with E-state index in [0.29, 0.717) is 16.3 Å². The van der Waals surface area contributed by atoms with Gasteiger partial charge >= 0.3 is 5.97 Å². The summed E-state index contributed by atoms with van der Waals surface area (Å²) in [7, 11) is 0. The van der Waals surface area contributed by atoms with Crippen LogP contribution in [0.3, 0.4) is 0 Å². The lowest BCUT2D eigenvalue weighted by Gasteiger charge is -2.26. The van der Waals surface area contributed by atoms with Crippen LogP contribution in [0.25, 0.3) is 0 Å². The van der Waals surface area contributed by atoms with E-state index < -0.39 is 5.97 Å². The number of rotatable bonds is 6. The Kier molecular flexibility index (Phi) is 7.06. The van der Waals surface area contributed by atoms with E-state index in [1.165, 1.54) is 30.9 Å². The summed E-state index contributed by atoms with van der Waals surface area (Å²) in [5, 5.41) is 3.10. The number of halogens is 1. The summed E-state index contributed by atoms with van der Waals surface area (Å²) in [6.45, 7) is 5.19. The Morgan fingerprint density at radius 1 is 1.07 bits per heavy atom. The Morgan fingerprint density at radius 2 is 1.79 bits per heavy atom. The molecule has 1 aliphatic heterocycles. The summed E-state index contributed by atoms with van der Waals surface area (Å²) < 4.78 is 4.99. The number of nitrogens with one attached hydrogen (secondary N) is 1. The van der Waals surface area contributed by atoms with Crippen molar-refractivity contribution in [1.82, 2.24) is 4.90 Å². The second-order valence-corrected chi connectivity index (χ2v) is 7.31. The molecular weight excluding hydrogens is 376 g/mol. The van der Waals surface area contributed by atoms with Gasteiger partial charge in [-0.1, -0.05) is 30.2 Å². The maximum Gasteiger partial charge on any atom is 0.339 e. The average Bonchev–Trinajstić information content (AvgIpc) is 2.71. The predicted molar refractivity (Wildman–Crippen MR) is 111 cm³/mol. The maximum absolute atomic E-state index is 12.5. The quantitative estimate of drug-likeness (QED) is 0.710. The van der Waals surface area contributed by atoms with Crippen LogP contribution in [0, 0.1) is 0 Å². The van der Waals surface area contributed by atoms with E-state index in [0.717, 1.165) is 19.6 Å². The number of amides is 1. The Labute approximate surface area is 170 Å². The van der Waals surface area contributed by atoms with Crippen molar-refractivity contribution in [2.75, 3.05) is 25.0 Å². The highest BCUT2D eigenvalue weighted by atomic mass is 35.5. The first-order chi connectivity index (χ1) is 13.6. The molecule has 2 aromatic carbocycles. The van der Waals surface area contributed by atoms with Gasteiger partial charge in [-0.3, -0.25) is 9.69 Å². The van der Waals surface area contributed by atoms with Crippen molar-refractivity contribution in [3.8, 4) is 0 Å². The van der Waals surface area contributed by atoms with Crippen LogP contribution in [0.1, 0.15) is 52.5 Å². The van der Waals surface area contributed by atoms with Gasteiger partial charge in [-0.2, -0.15) is 0 Å². The molecule has 1 fully saturated rings. The van der Waals surface area contributed by atoms with Crippen molar-refractivity contribution in [2.45, 2.75) is 32.7 Å². The van der Waals surface area contributed by atoms with Crippen LogP contribution in [0.15, 0.2) is 42.5 Å². The van der Waals surface area contributed by atoms with Crippen molar-refractivity contribution >= 4 is 29.2 Å². The Morgan fingerprint density at radius 3 is 2.46 bits per heavy atom. The molecule has 3 rings (SSSR count). The van der Waals surface area contributed by atoms with E-state index in [4.69, 9.17) is 16.3 Å². The van der Waals surface area contributed by atoms with Crippen LogP contribution in [0.2, 0.25) is 5.02 Å². The largest absolute Gasteiger partial charge is 0.462 e. The van der Waals surface area contributed by atoms with Crippen LogP contribution in [-0.2, 0) is 11.3 Å². The molecule has 1 saturated heterocycles. The predicted octanol–water partition coefficient (Wildman–Crippen LogP) is 4.75. The normalized spacial score (nSPS) is 14.5. The number of hydrogen-bond donors (Lipinski definition) is 1. The van der Waals surface area contributed by atoms with Crippen LogP contribution in [-0.4, -0.2) is 36.5 Å². The third-order valence-corrected chi connectivity index (χ3v) is 5.12. The third kappa shape index (κ3) is 5.33. The van der Waals surface area contributed by atoms with E-state index in [9.17, 15) is 9.59 Å². The smallest absolute Gasteiger partial charge is 0.339 e. The van der Waals surface area contributed by atoms with Crippen LogP contribution in [0.4, 0.5) is 5.69 Å². The van der Waals surface area contributed by atoms with Gasteiger partial charge in [0.15, 0.2) is 0 Å². The van der Waals surface area contributed by atoms with Gasteiger partial charge in [0.05, 0.1) is 17.2 Å². The number of anilines is 1. The minimum absolute atomic E-state index is 0.234. The fourth-order valence-corrected chi connectivity index (χ4v) is 3.50. The summed E-state index contributed by atoms with van der Waals surface area (Å²) in [4.78, 5) is 26.9. The summed E-state index contributed by atoms with van der Waals surface area (Å²) in [6, 6.07) is 12.4. The molecule has 0 atom stereocenters. The molecule has 0 bridgehead atoms. The molecule has 0 radical (unpaired) electrons. The summed E-state index contributed by atoms with van der Waals surface area (Å²) >= 11 is 6.06. The van der Waals surface area contributed by atoms with Crippen molar-refractivity contribution < 1.29 is 14.3 Å². The van der Waals surface area contributed by atoms with Gasteiger partial charge in [-0.25, -0.2) is 4.79 Å². The number of piperidine rings is 1. The fraction of sp³-hybridized carbons (Fsp3) is 0.364. The van der Waals surface area contributed by atoms with Crippen molar-refractivity contribution in [3.05, 3.63) is 64.2 Å². The van der Waals surface area contributed by atoms with Crippen molar-refractivity contribution in [1.29, 1.82) is 0 Å². The number of benzene rings is 2. The highest BCUT2D eigenvalue weighted by Gasteiger charge is 2.14. The second kappa shape index (κ2) is 9.71. The number of ether oxygens (including phenoxy) is 1. The molecule has 1 N–H and O–H groups in total. The van der Waals surface area contributed by atoms with Gasteiger partial charge in [-0.05, 0) is 68.8 Å². The van der Waals surface area contributed by atoms with Crippen LogP contribution in [0.5, 0.6) is 0 Å². The van der Waals surface area contributed by atoms with Gasteiger partial charge < -0.3 is 10.1 Å². The molecule has 148 valence electrons. The van der Waals surface area contributed by atoms with Crippen LogP contribution < -0.4 is 5.32 Å². The third-order valence-electron chi connectivity index (χ3n) is 4.79. The lowest BCUT2D eigenvalue weighted by Crippen LogP contribution is -2.29. The molecule has 2 aromatic rings. The molecule has 1 aliphatic rings. The SMILES string of the molecule is CCOC(=O)c1cc(NC(=O)c2ccc(CN3CCCCC3)cc2)ccc1Cl. The second-order valence-electron chi connectivity index (χ2n) is 6.90. The summed E-state index contributed by atoms with van der Waals surface area (Å²) in [5.41, 5.74) is 2.50. The first kappa shape index (κ1) is 20.4. The van der Waals surface area contributed by atoms with Gasteiger partial charge in [0, 0.05) is 17.8 Å². The van der Waals surface area contributed by atoms with Gasteiger partial charge in [0.1, 0.15) is 0 Å². The zero-order valence-electron chi connectivity index (χ0n) is 16.0. The first-order valence-electron chi connectivity index (χ1n) is 9.66. The maximum atomic E-state index is 12.5. The molecule has 5 nitrogen and oxygen atoms in total. The van der Waals surface area contributed by atoms with E-state index >= 15 is 0 Å². The van der Waals surface area contributed by atoms with E-state index in [2.05, 4.69) is 10.2 Å². The van der Waals surface area contributed by atoms with Crippen molar-refractivity contribution in [2.24, 2.45) is 0 Å². The minimum atomic E-state index is -0.509. The molecule has 0 aliphatic carbocycles. The van der Waals surface area contributed by atoms with Gasteiger partial charge in [0.25, 0.3) is 5.91 Å². The average molecular weight is 401 g/mol. The standard InChI is InChI=1S/C22H25ClN2O3/c1-2-28-22(27)19-14-18(10-11-20(19)23)24-21(26)17-8-6-16(7-9-17)15-25-12-4-3-5-13-25/h6-11,14H,2-5,12-13,15H2,1H3,(H,24,26). The van der Waals surface area contributed by atoms with Crippen molar-refractivity contribution in [3.63, 3.8) is 0 Å². The Bertz CT molecular complexity index is 830. The molecule has 1 heterocycles. The molecule has 6 heteroatoms. The number of esters is 1. The zero-order valence-corrected chi connectivity index (χ0v) is 16.8. The Balaban J connectivity index is 1.64. The van der Waals surface area contributed by atoms with E-state index in [-0.39, 0.29) is 18.1 Å². The number of hydrogen-bond acceptors (Lipinski definition) is 4. The lowest BCUT2D eigenvalue weighted by atomic mass is 10.1. The molecule has 0 unspecified atom stereocenters. The Hall–Kier alpha value is -2.37. The molecular formula is C22H25ClN2O3. The highest BCUT2D eigenvalue weighted by Crippen LogP contribution is 2.22. The van der Waals surface area contributed by atoms with Gasteiger partial charge in [-0.15, -0.1) is 0 Å². The number of likely N-dealkylation sites (tertiary alicyclic amines) is 1. The fourth-order valence-electron chi connectivity index (χ4n) is 3.31. The number of nitrogens with zero attached hydrogens (tertiary/aromatic N) is 1. The van der Waals surface area contributed by atoms with Crippen LogP contribution >= 0.6 is 11.6 Å². The molecule has 28 heavy (non-hydrogen) atoms. The summed E-state index contributed by atoms with van der Waals surface area (Å²) in [6.07, 6.45) is 3.84. The van der Waals surface area contributed by atoms with Gasteiger partial charge in [0.2, 0.25) is 0 Å². The highest BCUT2D eigenvalue weighted by molar-refractivity contribution is 6.33. The first-order valence-corrected chi connectivity index (χ1v) is 10.0. The molecule has 0 spiro atoms. The molecule has 0 aromatic heterocycles. The topological polar surface area (TPSA) is 58.6 Å². The molecule has 1 amide bonds.